The molecule has 0 aromatic carbocycles. The molecular formula is C11H17N3O2S. The molecule has 0 saturated heterocycles. The Morgan fingerprint density at radius 3 is 2.88 bits per heavy atom. The second kappa shape index (κ2) is 3.55. The SMILES string of the molecule is NC1(CCc2cc3n(n2)CCCS3(=O)=O)CC1. The fraction of sp³-hybridized carbons (Fsp3) is 0.727. The van der Waals surface area contributed by atoms with Gasteiger partial charge in [-0.05, 0) is 38.2 Å². The van der Waals surface area contributed by atoms with E-state index in [2.05, 4.69) is 5.10 Å². The monoisotopic (exact) mass is 255 g/mol. The molecule has 0 bridgehead atoms. The van der Waals surface area contributed by atoms with Crippen LogP contribution in [0.5, 0.6) is 0 Å². The molecule has 2 N–H and O–H groups in total. The lowest BCUT2D eigenvalue weighted by atomic mass is 10.1. The maximum atomic E-state index is 11.8. The predicted octanol–water partition coefficient (Wildman–Crippen LogP) is 0.484. The van der Waals surface area contributed by atoms with Crippen molar-refractivity contribution in [2.24, 2.45) is 5.73 Å². The summed E-state index contributed by atoms with van der Waals surface area (Å²) >= 11 is 0. The van der Waals surface area contributed by atoms with Crippen molar-refractivity contribution >= 4 is 9.84 Å². The zero-order chi connectivity index (χ0) is 12.1. The zero-order valence-corrected chi connectivity index (χ0v) is 10.5. The van der Waals surface area contributed by atoms with E-state index in [1.807, 2.05) is 0 Å². The Balaban J connectivity index is 1.81. The van der Waals surface area contributed by atoms with Crippen LogP contribution in [0.15, 0.2) is 11.1 Å². The van der Waals surface area contributed by atoms with Gasteiger partial charge in [0, 0.05) is 12.1 Å². The number of rotatable bonds is 3. The van der Waals surface area contributed by atoms with E-state index in [9.17, 15) is 8.42 Å². The number of aryl methyl sites for hydroxylation is 2. The number of nitrogens with zero attached hydrogens (tertiary/aromatic N) is 2. The van der Waals surface area contributed by atoms with Crippen molar-refractivity contribution in [3.05, 3.63) is 11.8 Å². The highest BCUT2D eigenvalue weighted by Gasteiger charge is 2.37. The first kappa shape index (κ1) is 11.2. The van der Waals surface area contributed by atoms with E-state index in [0.717, 1.165) is 31.4 Å². The molecule has 1 saturated carbocycles. The van der Waals surface area contributed by atoms with Crippen molar-refractivity contribution in [2.75, 3.05) is 5.75 Å². The fourth-order valence-electron chi connectivity index (χ4n) is 2.28. The summed E-state index contributed by atoms with van der Waals surface area (Å²) in [6, 6.07) is 1.72. The quantitative estimate of drug-likeness (QED) is 0.852. The molecule has 1 aliphatic heterocycles. The topological polar surface area (TPSA) is 78.0 Å². The summed E-state index contributed by atoms with van der Waals surface area (Å²) in [4.78, 5) is 0. The van der Waals surface area contributed by atoms with Crippen LogP contribution < -0.4 is 5.73 Å². The maximum Gasteiger partial charge on any atom is 0.195 e. The number of nitrogens with two attached hydrogens (primary N) is 1. The Bertz CT molecular complexity index is 543. The average molecular weight is 255 g/mol. The molecular weight excluding hydrogens is 238 g/mol. The Morgan fingerprint density at radius 2 is 2.24 bits per heavy atom. The van der Waals surface area contributed by atoms with Gasteiger partial charge in [0.2, 0.25) is 0 Å². The van der Waals surface area contributed by atoms with Gasteiger partial charge in [0.1, 0.15) is 0 Å². The van der Waals surface area contributed by atoms with Crippen LogP contribution in [0, 0.1) is 0 Å². The first-order valence-corrected chi connectivity index (χ1v) is 7.72. The highest BCUT2D eigenvalue weighted by Crippen LogP contribution is 2.36. The summed E-state index contributed by atoms with van der Waals surface area (Å²) in [5, 5.41) is 4.75. The van der Waals surface area contributed by atoms with Gasteiger partial charge in [-0.15, -0.1) is 0 Å². The van der Waals surface area contributed by atoms with Gasteiger partial charge in [-0.2, -0.15) is 5.10 Å². The normalized spacial score (nSPS) is 24.3. The lowest BCUT2D eigenvalue weighted by molar-refractivity contribution is 0.498. The third-order valence-corrected chi connectivity index (χ3v) is 5.46. The van der Waals surface area contributed by atoms with E-state index < -0.39 is 9.84 Å². The average Bonchev–Trinajstić information content (AvgIpc) is 2.84. The van der Waals surface area contributed by atoms with E-state index in [0.29, 0.717) is 18.0 Å². The van der Waals surface area contributed by atoms with Gasteiger partial charge >= 0.3 is 0 Å². The summed E-state index contributed by atoms with van der Waals surface area (Å²) in [5.74, 6) is 0.249. The summed E-state index contributed by atoms with van der Waals surface area (Å²) in [7, 11) is -3.09. The summed E-state index contributed by atoms with van der Waals surface area (Å²) in [5.41, 5.74) is 6.88. The molecule has 1 aromatic heterocycles. The second-order valence-electron chi connectivity index (χ2n) is 5.23. The molecule has 1 aromatic rings. The second-order valence-corrected chi connectivity index (χ2v) is 7.29. The van der Waals surface area contributed by atoms with E-state index in [1.165, 1.54) is 0 Å². The number of hydrogen-bond acceptors (Lipinski definition) is 4. The molecule has 94 valence electrons. The van der Waals surface area contributed by atoms with Crippen molar-refractivity contribution in [2.45, 2.75) is 49.2 Å². The zero-order valence-electron chi connectivity index (χ0n) is 9.72. The van der Waals surface area contributed by atoms with Gasteiger partial charge < -0.3 is 5.73 Å². The lowest BCUT2D eigenvalue weighted by Gasteiger charge is -2.12. The minimum atomic E-state index is -3.09. The molecule has 2 aliphatic rings. The molecule has 0 radical (unpaired) electrons. The molecule has 2 heterocycles. The Labute approximate surface area is 101 Å². The summed E-state index contributed by atoms with van der Waals surface area (Å²) in [6.45, 7) is 0.711. The lowest BCUT2D eigenvalue weighted by Crippen LogP contribution is -2.22. The van der Waals surface area contributed by atoms with E-state index in [-0.39, 0.29) is 11.3 Å². The van der Waals surface area contributed by atoms with Crippen molar-refractivity contribution < 1.29 is 8.42 Å². The molecule has 0 atom stereocenters. The molecule has 1 fully saturated rings. The first-order valence-electron chi connectivity index (χ1n) is 6.07. The molecule has 1 aliphatic carbocycles. The van der Waals surface area contributed by atoms with Crippen LogP contribution >= 0.6 is 0 Å². The minimum absolute atomic E-state index is 0.00297. The highest BCUT2D eigenvalue weighted by atomic mass is 32.2. The molecule has 0 unspecified atom stereocenters. The number of sulfone groups is 1. The van der Waals surface area contributed by atoms with Crippen molar-refractivity contribution in [3.8, 4) is 0 Å². The van der Waals surface area contributed by atoms with Gasteiger partial charge in [-0.3, -0.25) is 4.68 Å². The smallest absolute Gasteiger partial charge is 0.195 e. The molecule has 3 rings (SSSR count). The molecule has 5 nitrogen and oxygen atoms in total. The van der Waals surface area contributed by atoms with Gasteiger partial charge in [0.05, 0.1) is 11.4 Å². The molecule has 6 heteroatoms. The van der Waals surface area contributed by atoms with Crippen molar-refractivity contribution in [1.29, 1.82) is 0 Å². The van der Waals surface area contributed by atoms with E-state index in [1.54, 1.807) is 10.7 Å². The largest absolute Gasteiger partial charge is 0.325 e. The van der Waals surface area contributed by atoms with Gasteiger partial charge in [-0.25, -0.2) is 8.42 Å². The number of hydrogen-bond donors (Lipinski definition) is 1. The standard InChI is InChI=1S/C11H17N3O2S/c12-11(4-5-11)3-2-9-8-10-14(13-9)6-1-7-17(10,15)16/h8H,1-7,12H2. The van der Waals surface area contributed by atoms with Crippen LogP contribution in [-0.2, 0) is 22.8 Å². The Kier molecular flexibility index (Phi) is 2.35. The van der Waals surface area contributed by atoms with Crippen LogP contribution in [-0.4, -0.2) is 29.5 Å². The summed E-state index contributed by atoms with van der Waals surface area (Å²) in [6.07, 6.45) is 4.52. The van der Waals surface area contributed by atoms with E-state index in [4.69, 9.17) is 5.73 Å². The summed E-state index contributed by atoms with van der Waals surface area (Å²) < 4.78 is 25.3. The van der Waals surface area contributed by atoms with Gasteiger partial charge in [0.25, 0.3) is 0 Å². The molecule has 0 amide bonds. The fourth-order valence-corrected chi connectivity index (χ4v) is 3.77. The maximum absolute atomic E-state index is 11.8. The number of aromatic nitrogens is 2. The van der Waals surface area contributed by atoms with Crippen LogP contribution in [0.4, 0.5) is 0 Å². The van der Waals surface area contributed by atoms with E-state index >= 15 is 0 Å². The van der Waals surface area contributed by atoms with Crippen LogP contribution in [0.3, 0.4) is 0 Å². The third-order valence-electron chi connectivity index (χ3n) is 3.67. The predicted molar refractivity (Wildman–Crippen MR) is 63.4 cm³/mol. The van der Waals surface area contributed by atoms with Crippen molar-refractivity contribution in [3.63, 3.8) is 0 Å². The minimum Gasteiger partial charge on any atom is -0.325 e. The van der Waals surface area contributed by atoms with Crippen molar-refractivity contribution in [1.82, 2.24) is 9.78 Å². The van der Waals surface area contributed by atoms with Gasteiger partial charge in [0.15, 0.2) is 14.9 Å². The number of fused-ring (bicyclic) bond motifs is 1. The van der Waals surface area contributed by atoms with Gasteiger partial charge in [-0.1, -0.05) is 0 Å². The Morgan fingerprint density at radius 1 is 1.47 bits per heavy atom. The molecule has 0 spiro atoms. The molecule has 17 heavy (non-hydrogen) atoms. The first-order chi connectivity index (χ1) is 7.99. The van der Waals surface area contributed by atoms with Crippen LogP contribution in [0.25, 0.3) is 0 Å². The third kappa shape index (κ3) is 2.11. The Hall–Kier alpha value is -0.880. The van der Waals surface area contributed by atoms with Crippen LogP contribution in [0.2, 0.25) is 0 Å². The highest BCUT2D eigenvalue weighted by molar-refractivity contribution is 7.91. The van der Waals surface area contributed by atoms with Crippen LogP contribution in [0.1, 0.15) is 31.4 Å².